The van der Waals surface area contributed by atoms with E-state index in [1.54, 1.807) is 0 Å². The molecule has 2 aromatic heterocycles. The molecule has 0 N–H and O–H groups in total. The van der Waals surface area contributed by atoms with E-state index >= 15 is 0 Å². The topological polar surface area (TPSA) is 25.8 Å². The lowest BCUT2D eigenvalue weighted by atomic mass is 9.83. The third-order valence-electron chi connectivity index (χ3n) is 4.26. The van der Waals surface area contributed by atoms with Gasteiger partial charge in [0.05, 0.1) is 5.39 Å². The van der Waals surface area contributed by atoms with Gasteiger partial charge >= 0.3 is 0 Å². The van der Waals surface area contributed by atoms with Gasteiger partial charge in [0, 0.05) is 11.3 Å². The van der Waals surface area contributed by atoms with Crippen molar-refractivity contribution in [3.63, 3.8) is 0 Å². The molecule has 2 aliphatic rings. The molecule has 0 atom stereocenters. The molecule has 0 spiro atoms. The maximum absolute atomic E-state index is 6.39. The molecule has 2 heterocycles. The van der Waals surface area contributed by atoms with E-state index in [1.807, 2.05) is 11.3 Å². The van der Waals surface area contributed by atoms with Gasteiger partial charge in [0.25, 0.3) is 0 Å². The summed E-state index contributed by atoms with van der Waals surface area (Å²) in [5.41, 5.74) is 1.43. The summed E-state index contributed by atoms with van der Waals surface area (Å²) in [6.45, 7) is 0. The minimum Gasteiger partial charge on any atom is -0.222 e. The van der Waals surface area contributed by atoms with Gasteiger partial charge in [0.1, 0.15) is 15.8 Å². The van der Waals surface area contributed by atoms with Crippen molar-refractivity contribution < 1.29 is 0 Å². The van der Waals surface area contributed by atoms with Crippen LogP contribution in [0, 0.1) is 5.92 Å². The van der Waals surface area contributed by atoms with Crippen molar-refractivity contribution in [2.45, 2.75) is 44.9 Å². The molecular weight excluding hydrogens is 264 g/mol. The Morgan fingerprint density at radius 2 is 2.06 bits per heavy atom. The Balaban J connectivity index is 1.78. The normalized spacial score (nSPS) is 19.2. The molecule has 0 unspecified atom stereocenters. The van der Waals surface area contributed by atoms with Crippen LogP contribution < -0.4 is 0 Å². The highest BCUT2D eigenvalue weighted by atomic mass is 35.5. The molecule has 1 saturated carbocycles. The van der Waals surface area contributed by atoms with E-state index in [2.05, 4.69) is 4.98 Å². The summed E-state index contributed by atoms with van der Waals surface area (Å²) < 4.78 is 0. The van der Waals surface area contributed by atoms with Gasteiger partial charge < -0.3 is 0 Å². The summed E-state index contributed by atoms with van der Waals surface area (Å²) >= 11 is 8.22. The molecule has 0 aromatic carbocycles. The summed E-state index contributed by atoms with van der Waals surface area (Å²) in [4.78, 5) is 11.9. The van der Waals surface area contributed by atoms with E-state index in [1.165, 1.54) is 42.5 Å². The zero-order chi connectivity index (χ0) is 12.1. The second-order valence-corrected chi connectivity index (χ2v) is 6.91. The van der Waals surface area contributed by atoms with Crippen LogP contribution in [0.15, 0.2) is 0 Å². The summed E-state index contributed by atoms with van der Waals surface area (Å²) in [7, 11) is 0. The maximum Gasteiger partial charge on any atom is 0.141 e. The summed E-state index contributed by atoms with van der Waals surface area (Å²) in [5.74, 6) is 1.75. The summed E-state index contributed by atoms with van der Waals surface area (Å²) in [5, 5.41) is 1.83. The minimum atomic E-state index is 0.689. The van der Waals surface area contributed by atoms with Crippen LogP contribution in [0.5, 0.6) is 0 Å². The predicted octanol–water partition coefficient (Wildman–Crippen LogP) is 4.18. The quantitative estimate of drug-likeness (QED) is 0.770. The summed E-state index contributed by atoms with van der Waals surface area (Å²) in [6.07, 6.45) is 8.66. The Morgan fingerprint density at radius 3 is 2.83 bits per heavy atom. The highest BCUT2D eigenvalue weighted by Gasteiger charge is 2.23. The molecule has 2 nitrogen and oxygen atoms in total. The van der Waals surface area contributed by atoms with Crippen molar-refractivity contribution >= 4 is 33.2 Å². The predicted molar refractivity (Wildman–Crippen MR) is 75.5 cm³/mol. The van der Waals surface area contributed by atoms with Crippen LogP contribution in [0.3, 0.4) is 0 Å². The van der Waals surface area contributed by atoms with E-state index in [0.717, 1.165) is 34.8 Å². The summed E-state index contributed by atoms with van der Waals surface area (Å²) in [6, 6.07) is 0. The molecule has 2 aromatic rings. The zero-order valence-corrected chi connectivity index (χ0v) is 11.8. The Labute approximate surface area is 115 Å². The number of thiophene rings is 1. The first-order chi connectivity index (χ1) is 8.81. The van der Waals surface area contributed by atoms with Crippen LogP contribution in [0.4, 0.5) is 0 Å². The molecule has 1 fully saturated rings. The fourth-order valence-electron chi connectivity index (χ4n) is 3.04. The third kappa shape index (κ3) is 1.68. The fraction of sp³-hybridized carbons (Fsp3) is 0.571. The van der Waals surface area contributed by atoms with Crippen LogP contribution in [0.2, 0.25) is 5.15 Å². The smallest absolute Gasteiger partial charge is 0.141 e. The van der Waals surface area contributed by atoms with Crippen LogP contribution >= 0.6 is 22.9 Å². The first-order valence-corrected chi connectivity index (χ1v) is 7.97. The van der Waals surface area contributed by atoms with Crippen molar-refractivity contribution in [3.05, 3.63) is 21.4 Å². The molecule has 0 radical (unpaired) electrons. The molecular formula is C14H15ClN2S. The van der Waals surface area contributed by atoms with Crippen LogP contribution in [-0.4, -0.2) is 9.97 Å². The third-order valence-corrected chi connectivity index (χ3v) is 5.72. The second-order valence-electron chi connectivity index (χ2n) is 5.47. The molecule has 18 heavy (non-hydrogen) atoms. The standard InChI is InChI=1S/C14H15ClN2S/c15-13-12-9-5-2-6-10(9)18-14(12)17-11(16-13)7-8-3-1-4-8/h8H,1-7H2. The maximum atomic E-state index is 6.39. The van der Waals surface area contributed by atoms with Gasteiger partial charge in [0.2, 0.25) is 0 Å². The number of rotatable bonds is 2. The van der Waals surface area contributed by atoms with Crippen molar-refractivity contribution in [2.24, 2.45) is 5.92 Å². The van der Waals surface area contributed by atoms with Crippen LogP contribution in [0.25, 0.3) is 10.2 Å². The number of halogens is 1. The van der Waals surface area contributed by atoms with E-state index in [9.17, 15) is 0 Å². The van der Waals surface area contributed by atoms with E-state index in [0.29, 0.717) is 5.15 Å². The van der Waals surface area contributed by atoms with Crippen molar-refractivity contribution in [1.29, 1.82) is 0 Å². The van der Waals surface area contributed by atoms with Crippen molar-refractivity contribution in [1.82, 2.24) is 9.97 Å². The highest BCUT2D eigenvalue weighted by Crippen LogP contribution is 2.39. The molecule has 0 amide bonds. The fourth-order valence-corrected chi connectivity index (χ4v) is 4.68. The number of nitrogens with zero attached hydrogens (tertiary/aromatic N) is 2. The largest absolute Gasteiger partial charge is 0.222 e. The molecule has 4 rings (SSSR count). The number of fused-ring (bicyclic) bond motifs is 3. The Bertz CT molecular complexity index is 616. The van der Waals surface area contributed by atoms with E-state index < -0.39 is 0 Å². The van der Waals surface area contributed by atoms with E-state index in [-0.39, 0.29) is 0 Å². The molecule has 0 saturated heterocycles. The number of aromatic nitrogens is 2. The average Bonchev–Trinajstić information content (AvgIpc) is 2.82. The van der Waals surface area contributed by atoms with Crippen molar-refractivity contribution in [2.75, 3.05) is 0 Å². The number of hydrogen-bond donors (Lipinski definition) is 0. The van der Waals surface area contributed by atoms with Gasteiger partial charge in [-0.15, -0.1) is 11.3 Å². The molecule has 0 aliphatic heterocycles. The van der Waals surface area contributed by atoms with Crippen molar-refractivity contribution in [3.8, 4) is 0 Å². The van der Waals surface area contributed by atoms with Gasteiger partial charge in [0.15, 0.2) is 0 Å². The van der Waals surface area contributed by atoms with Crippen LogP contribution in [0.1, 0.15) is 41.9 Å². The highest BCUT2D eigenvalue weighted by molar-refractivity contribution is 7.19. The van der Waals surface area contributed by atoms with Gasteiger partial charge in [-0.25, -0.2) is 9.97 Å². The Hall–Kier alpha value is -0.670. The number of aryl methyl sites for hydroxylation is 2. The zero-order valence-electron chi connectivity index (χ0n) is 10.2. The second kappa shape index (κ2) is 4.17. The SMILES string of the molecule is Clc1nc(CC2CCC2)nc2sc3c(c12)CCC3. The van der Waals surface area contributed by atoms with Gasteiger partial charge in [-0.05, 0) is 30.7 Å². The van der Waals surface area contributed by atoms with Gasteiger partial charge in [-0.2, -0.15) is 0 Å². The lowest BCUT2D eigenvalue weighted by molar-refractivity contribution is 0.309. The van der Waals surface area contributed by atoms with Gasteiger partial charge in [-0.1, -0.05) is 30.9 Å². The molecule has 4 heteroatoms. The minimum absolute atomic E-state index is 0.689. The Kier molecular flexibility index (Phi) is 2.59. The molecule has 94 valence electrons. The van der Waals surface area contributed by atoms with Crippen LogP contribution in [-0.2, 0) is 19.3 Å². The monoisotopic (exact) mass is 278 g/mol. The average molecular weight is 279 g/mol. The first kappa shape index (κ1) is 11.2. The Morgan fingerprint density at radius 1 is 1.17 bits per heavy atom. The lowest BCUT2D eigenvalue weighted by Gasteiger charge is -2.24. The lowest BCUT2D eigenvalue weighted by Crippen LogP contribution is -2.15. The van der Waals surface area contributed by atoms with E-state index in [4.69, 9.17) is 16.6 Å². The molecule has 0 bridgehead atoms. The number of hydrogen-bond acceptors (Lipinski definition) is 3. The molecule has 2 aliphatic carbocycles. The van der Waals surface area contributed by atoms with Gasteiger partial charge in [-0.3, -0.25) is 0 Å². The first-order valence-electron chi connectivity index (χ1n) is 6.78.